The summed E-state index contributed by atoms with van der Waals surface area (Å²) in [4.78, 5) is 48.7. The van der Waals surface area contributed by atoms with Crippen molar-refractivity contribution in [2.24, 2.45) is 35.5 Å². The van der Waals surface area contributed by atoms with Crippen molar-refractivity contribution in [3.63, 3.8) is 0 Å². The first-order valence-corrected chi connectivity index (χ1v) is 8.33. The molecule has 7 nitrogen and oxygen atoms in total. The number of carbonyl (C=O) groups is 4. The number of allylic oxidation sites excluding steroid dienone is 2. The summed E-state index contributed by atoms with van der Waals surface area (Å²) in [5, 5.41) is 10.5. The third-order valence-corrected chi connectivity index (χ3v) is 5.70. The molecule has 0 aromatic heterocycles. The number of fused-ring (bicyclic) bond motifs is 5. The Bertz CT molecular complexity index is 637. The Morgan fingerprint density at radius 3 is 2.52 bits per heavy atom. The fourth-order valence-electron chi connectivity index (χ4n) is 4.56. The van der Waals surface area contributed by atoms with E-state index in [0.717, 1.165) is 13.5 Å². The van der Waals surface area contributed by atoms with Crippen molar-refractivity contribution in [1.29, 1.82) is 0 Å². The van der Waals surface area contributed by atoms with Gasteiger partial charge in [0.25, 0.3) is 5.78 Å². The minimum absolute atomic E-state index is 0.0606. The molecule has 7 heteroatoms. The second-order valence-corrected chi connectivity index (χ2v) is 6.90. The van der Waals surface area contributed by atoms with Crippen LogP contribution in [-0.2, 0) is 28.7 Å². The monoisotopic (exact) mass is 349 g/mol. The lowest BCUT2D eigenvalue weighted by Gasteiger charge is -2.41. The Hall–Kier alpha value is -2.02. The van der Waals surface area contributed by atoms with Crippen molar-refractivity contribution >= 4 is 23.5 Å². The number of ether oxygens (including phenoxy) is 2. The summed E-state index contributed by atoms with van der Waals surface area (Å²) in [5.74, 6) is -5.47. The zero-order chi connectivity index (χ0) is 18.3. The molecular weight excluding hydrogens is 328 g/mol. The molecule has 7 atom stereocenters. The van der Waals surface area contributed by atoms with E-state index in [1.165, 1.54) is 7.11 Å². The predicted octanol–water partition coefficient (Wildman–Crippen LogP) is 0.110. The van der Waals surface area contributed by atoms with Gasteiger partial charge in [-0.25, -0.2) is 4.79 Å². The normalized spacial score (nSPS) is 36.7. The third kappa shape index (κ3) is 2.90. The molecule has 3 aliphatic carbocycles. The van der Waals surface area contributed by atoms with E-state index in [9.17, 15) is 24.3 Å². The third-order valence-electron chi connectivity index (χ3n) is 5.70. The highest BCUT2D eigenvalue weighted by atomic mass is 16.5. The summed E-state index contributed by atoms with van der Waals surface area (Å²) < 4.78 is 9.03. The van der Waals surface area contributed by atoms with Crippen LogP contribution in [0.15, 0.2) is 12.2 Å². The van der Waals surface area contributed by atoms with E-state index in [1.54, 1.807) is 6.42 Å². The van der Waals surface area contributed by atoms with Gasteiger partial charge in [0.15, 0.2) is 0 Å². The Morgan fingerprint density at radius 2 is 1.88 bits per heavy atom. The van der Waals surface area contributed by atoms with E-state index in [2.05, 4.69) is 15.5 Å². The van der Waals surface area contributed by atoms with Gasteiger partial charge >= 0.3 is 11.9 Å². The first kappa shape index (κ1) is 17.8. The van der Waals surface area contributed by atoms with E-state index in [4.69, 9.17) is 0 Å². The number of ketones is 2. The molecule has 1 radical (unpaired) electrons. The van der Waals surface area contributed by atoms with Crippen LogP contribution in [0.4, 0.5) is 0 Å². The summed E-state index contributed by atoms with van der Waals surface area (Å²) in [6.45, 7) is 0. The second kappa shape index (κ2) is 6.71. The SMILES string of the molecule is COC(=O)CC(O)C1[CH]C2C3C=CC(C3)C2C(=O)C1C(=O)C(=O)OC. The average Bonchev–Trinajstić information content (AvgIpc) is 3.21. The number of aliphatic hydroxyl groups excluding tert-OH is 1. The number of hydrogen-bond acceptors (Lipinski definition) is 7. The van der Waals surface area contributed by atoms with Gasteiger partial charge in [0.1, 0.15) is 5.78 Å². The fourth-order valence-corrected chi connectivity index (χ4v) is 4.56. The molecule has 7 unspecified atom stereocenters. The number of hydrogen-bond donors (Lipinski definition) is 1. The molecule has 0 saturated heterocycles. The molecule has 1 N–H and O–H groups in total. The standard InChI is InChI=1S/C18H21O7/c1-24-13(20)7-12(19)11-6-10-8-3-4-9(5-8)14(10)16(21)15(11)17(22)18(23)25-2/h3-4,6,8-12,14-15,19H,5,7H2,1-2H3. The number of methoxy groups -OCH3 is 2. The van der Waals surface area contributed by atoms with Gasteiger partial charge in [0.2, 0.25) is 0 Å². The molecule has 2 fully saturated rings. The topological polar surface area (TPSA) is 107 Å². The van der Waals surface area contributed by atoms with Crippen LogP contribution in [0.1, 0.15) is 12.8 Å². The minimum atomic E-state index is -1.32. The van der Waals surface area contributed by atoms with Gasteiger partial charge in [-0.1, -0.05) is 12.2 Å². The Balaban J connectivity index is 1.90. The number of aliphatic hydroxyl groups is 1. The summed E-state index contributed by atoms with van der Waals surface area (Å²) >= 11 is 0. The molecule has 2 saturated carbocycles. The Kier molecular flexibility index (Phi) is 4.77. The fraction of sp³-hybridized carbons (Fsp3) is 0.611. The average molecular weight is 349 g/mol. The molecule has 2 bridgehead atoms. The zero-order valence-corrected chi connectivity index (χ0v) is 14.1. The van der Waals surface area contributed by atoms with Crippen molar-refractivity contribution < 1.29 is 33.8 Å². The number of carbonyl (C=O) groups excluding carboxylic acids is 4. The van der Waals surface area contributed by atoms with Crippen molar-refractivity contribution in [2.75, 3.05) is 14.2 Å². The lowest BCUT2D eigenvalue weighted by molar-refractivity contribution is -0.160. The first-order valence-electron chi connectivity index (χ1n) is 8.33. The van der Waals surface area contributed by atoms with Crippen LogP contribution in [0, 0.1) is 41.9 Å². The summed E-state index contributed by atoms with van der Waals surface area (Å²) in [6.07, 6.45) is 5.04. The zero-order valence-electron chi connectivity index (χ0n) is 14.1. The highest BCUT2D eigenvalue weighted by Gasteiger charge is 2.58. The van der Waals surface area contributed by atoms with Crippen molar-refractivity contribution in [2.45, 2.75) is 18.9 Å². The smallest absolute Gasteiger partial charge is 0.375 e. The molecule has 0 amide bonds. The van der Waals surface area contributed by atoms with Gasteiger partial charge in [-0.3, -0.25) is 14.4 Å². The molecule has 0 heterocycles. The van der Waals surface area contributed by atoms with Crippen LogP contribution >= 0.6 is 0 Å². The summed E-state index contributed by atoms with van der Waals surface area (Å²) in [6, 6.07) is 0. The predicted molar refractivity (Wildman–Crippen MR) is 83.7 cm³/mol. The van der Waals surface area contributed by atoms with Gasteiger partial charge < -0.3 is 14.6 Å². The minimum Gasteiger partial charge on any atom is -0.469 e. The Labute approximate surface area is 145 Å². The summed E-state index contributed by atoms with van der Waals surface area (Å²) in [7, 11) is 2.26. The Morgan fingerprint density at radius 1 is 1.20 bits per heavy atom. The van der Waals surface area contributed by atoms with E-state index in [-0.39, 0.29) is 35.9 Å². The molecule has 0 aliphatic heterocycles. The highest BCUT2D eigenvalue weighted by molar-refractivity contribution is 6.38. The maximum absolute atomic E-state index is 13.0. The van der Waals surface area contributed by atoms with E-state index < -0.39 is 35.7 Å². The van der Waals surface area contributed by atoms with Crippen molar-refractivity contribution in [1.82, 2.24) is 0 Å². The van der Waals surface area contributed by atoms with Crippen LogP contribution in [0.25, 0.3) is 0 Å². The van der Waals surface area contributed by atoms with E-state index in [0.29, 0.717) is 0 Å². The van der Waals surface area contributed by atoms with Crippen LogP contribution in [-0.4, -0.2) is 48.9 Å². The molecule has 0 spiro atoms. The van der Waals surface area contributed by atoms with E-state index >= 15 is 0 Å². The first-order chi connectivity index (χ1) is 11.9. The molecule has 135 valence electrons. The largest absolute Gasteiger partial charge is 0.469 e. The lowest BCUT2D eigenvalue weighted by Crippen LogP contribution is -2.51. The van der Waals surface area contributed by atoms with Gasteiger partial charge in [-0.05, 0) is 30.6 Å². The molecule has 0 aromatic carbocycles. The molecular formula is C18H21O7. The van der Waals surface area contributed by atoms with E-state index in [1.807, 2.05) is 6.08 Å². The molecule has 3 aliphatic rings. The molecule has 25 heavy (non-hydrogen) atoms. The van der Waals surface area contributed by atoms with Gasteiger partial charge in [-0.15, -0.1) is 0 Å². The maximum Gasteiger partial charge on any atom is 0.375 e. The van der Waals surface area contributed by atoms with Crippen molar-refractivity contribution in [3.8, 4) is 0 Å². The quantitative estimate of drug-likeness (QED) is 0.325. The van der Waals surface area contributed by atoms with Crippen molar-refractivity contribution in [3.05, 3.63) is 18.6 Å². The lowest BCUT2D eigenvalue weighted by atomic mass is 9.61. The second-order valence-electron chi connectivity index (χ2n) is 6.90. The van der Waals surface area contributed by atoms with Crippen LogP contribution < -0.4 is 0 Å². The van der Waals surface area contributed by atoms with Gasteiger partial charge in [0, 0.05) is 11.8 Å². The van der Waals surface area contributed by atoms with Gasteiger partial charge in [0.05, 0.1) is 32.7 Å². The number of Topliss-reactive ketones (excluding diaryl/α,β-unsaturated/α-hetero) is 2. The molecule has 0 aromatic rings. The summed E-state index contributed by atoms with van der Waals surface area (Å²) in [5.41, 5.74) is 0. The number of rotatable bonds is 5. The highest BCUT2D eigenvalue weighted by Crippen LogP contribution is 2.55. The number of esters is 2. The van der Waals surface area contributed by atoms with Crippen LogP contribution in [0.3, 0.4) is 0 Å². The molecule has 3 rings (SSSR count). The maximum atomic E-state index is 13.0. The van der Waals surface area contributed by atoms with Crippen LogP contribution in [0.5, 0.6) is 0 Å². The van der Waals surface area contributed by atoms with Crippen LogP contribution in [0.2, 0.25) is 0 Å². The van der Waals surface area contributed by atoms with Gasteiger partial charge in [-0.2, -0.15) is 0 Å².